The average molecular weight is 345 g/mol. The lowest BCUT2D eigenvalue weighted by Crippen LogP contribution is -2.46. The van der Waals surface area contributed by atoms with Crippen molar-refractivity contribution < 1.29 is 14.3 Å². The minimum absolute atomic E-state index is 0.0529. The first-order valence-electron chi connectivity index (χ1n) is 8.43. The Balaban J connectivity index is 1.49. The zero-order valence-electron chi connectivity index (χ0n) is 14.5. The van der Waals surface area contributed by atoms with Crippen LogP contribution in [0, 0.1) is 0 Å². The van der Waals surface area contributed by atoms with Crippen LogP contribution in [-0.4, -0.2) is 51.7 Å². The minimum Gasteiger partial charge on any atom is -0.378 e. The number of carbonyl (C=O) groups is 2. The fourth-order valence-electron chi connectivity index (χ4n) is 3.01. The standard InChI is InChI=1S/C17H23N5O3/c1-12(9-19-15(23)8-17(25-2)4-3-5-17)21-16(24)13-10-20-22-7-6-18-11-14(13)22/h6-7,10-12H,3-5,8-9H2,1-2H3,(H,19,23)(H,21,24)/t12-/m0/s1. The fraction of sp³-hybridized carbons (Fsp3) is 0.529. The molecule has 25 heavy (non-hydrogen) atoms. The predicted octanol–water partition coefficient (Wildman–Crippen LogP) is 0.923. The zero-order valence-corrected chi connectivity index (χ0v) is 14.5. The van der Waals surface area contributed by atoms with Crippen LogP contribution < -0.4 is 10.6 Å². The third-order valence-electron chi connectivity index (χ3n) is 4.73. The third kappa shape index (κ3) is 3.79. The second-order valence-electron chi connectivity index (χ2n) is 6.56. The SMILES string of the molecule is COC1(CC(=O)NC[C@H](C)NC(=O)c2cnn3ccncc23)CCC1. The summed E-state index contributed by atoms with van der Waals surface area (Å²) in [6.07, 6.45) is 9.70. The Kier molecular flexibility index (Phi) is 4.98. The summed E-state index contributed by atoms with van der Waals surface area (Å²) >= 11 is 0. The Hall–Kier alpha value is -2.48. The number of hydrogen-bond donors (Lipinski definition) is 2. The molecule has 0 radical (unpaired) electrons. The molecule has 1 aliphatic carbocycles. The second kappa shape index (κ2) is 7.18. The highest BCUT2D eigenvalue weighted by molar-refractivity contribution is 6.00. The smallest absolute Gasteiger partial charge is 0.255 e. The van der Waals surface area contributed by atoms with Gasteiger partial charge in [0, 0.05) is 32.1 Å². The molecule has 8 nitrogen and oxygen atoms in total. The van der Waals surface area contributed by atoms with Gasteiger partial charge in [-0.15, -0.1) is 0 Å². The van der Waals surface area contributed by atoms with Gasteiger partial charge in [-0.3, -0.25) is 14.6 Å². The molecule has 2 aromatic rings. The van der Waals surface area contributed by atoms with Crippen molar-refractivity contribution in [2.75, 3.05) is 13.7 Å². The molecule has 2 heterocycles. The van der Waals surface area contributed by atoms with Crippen molar-refractivity contribution in [3.8, 4) is 0 Å². The van der Waals surface area contributed by atoms with Crippen molar-refractivity contribution in [3.63, 3.8) is 0 Å². The number of fused-ring (bicyclic) bond motifs is 1. The summed E-state index contributed by atoms with van der Waals surface area (Å²) in [5, 5.41) is 9.85. The first kappa shape index (κ1) is 17.3. The van der Waals surface area contributed by atoms with Crippen LogP contribution in [0.15, 0.2) is 24.8 Å². The van der Waals surface area contributed by atoms with E-state index in [-0.39, 0.29) is 23.5 Å². The highest BCUT2D eigenvalue weighted by Crippen LogP contribution is 2.37. The van der Waals surface area contributed by atoms with Crippen LogP contribution in [0.25, 0.3) is 5.52 Å². The van der Waals surface area contributed by atoms with E-state index in [1.165, 1.54) is 6.20 Å². The average Bonchev–Trinajstić information content (AvgIpc) is 3.00. The van der Waals surface area contributed by atoms with Crippen LogP contribution in [0.1, 0.15) is 43.0 Å². The van der Waals surface area contributed by atoms with E-state index < -0.39 is 0 Å². The lowest BCUT2D eigenvalue weighted by atomic mass is 9.77. The van der Waals surface area contributed by atoms with Gasteiger partial charge < -0.3 is 15.4 Å². The van der Waals surface area contributed by atoms with Gasteiger partial charge in [0.15, 0.2) is 0 Å². The molecule has 3 rings (SSSR count). The van der Waals surface area contributed by atoms with Crippen molar-refractivity contribution >= 4 is 17.3 Å². The van der Waals surface area contributed by atoms with Gasteiger partial charge in [0.25, 0.3) is 5.91 Å². The highest BCUT2D eigenvalue weighted by Gasteiger charge is 2.38. The molecular weight excluding hydrogens is 322 g/mol. The molecule has 2 amide bonds. The summed E-state index contributed by atoms with van der Waals surface area (Å²) < 4.78 is 7.05. The van der Waals surface area contributed by atoms with Crippen LogP contribution in [0.4, 0.5) is 0 Å². The van der Waals surface area contributed by atoms with Gasteiger partial charge in [-0.05, 0) is 26.2 Å². The molecule has 1 fully saturated rings. The van der Waals surface area contributed by atoms with E-state index in [9.17, 15) is 9.59 Å². The van der Waals surface area contributed by atoms with Crippen LogP contribution >= 0.6 is 0 Å². The van der Waals surface area contributed by atoms with Crippen molar-refractivity contribution in [3.05, 3.63) is 30.4 Å². The van der Waals surface area contributed by atoms with E-state index >= 15 is 0 Å². The first-order chi connectivity index (χ1) is 12.0. The maximum absolute atomic E-state index is 12.4. The Morgan fingerprint density at radius 2 is 2.20 bits per heavy atom. The molecule has 1 atom stereocenters. The molecule has 134 valence electrons. The molecule has 0 saturated heterocycles. The molecule has 0 aliphatic heterocycles. The normalized spacial score (nSPS) is 16.9. The van der Waals surface area contributed by atoms with Crippen LogP contribution in [0.2, 0.25) is 0 Å². The third-order valence-corrected chi connectivity index (χ3v) is 4.73. The number of amides is 2. The molecule has 0 aromatic carbocycles. The van der Waals surface area contributed by atoms with E-state index in [1.54, 1.807) is 30.2 Å². The summed E-state index contributed by atoms with van der Waals surface area (Å²) in [6.45, 7) is 2.21. The summed E-state index contributed by atoms with van der Waals surface area (Å²) in [4.78, 5) is 28.5. The van der Waals surface area contributed by atoms with Crippen molar-refractivity contribution in [1.82, 2.24) is 25.2 Å². The predicted molar refractivity (Wildman–Crippen MR) is 91.1 cm³/mol. The Morgan fingerprint density at radius 1 is 1.40 bits per heavy atom. The number of aromatic nitrogens is 3. The molecule has 1 saturated carbocycles. The Morgan fingerprint density at radius 3 is 2.88 bits per heavy atom. The quantitative estimate of drug-likeness (QED) is 0.778. The largest absolute Gasteiger partial charge is 0.378 e. The van der Waals surface area contributed by atoms with Crippen LogP contribution in [-0.2, 0) is 9.53 Å². The lowest BCUT2D eigenvalue weighted by Gasteiger charge is -2.40. The van der Waals surface area contributed by atoms with Gasteiger partial charge in [-0.2, -0.15) is 5.10 Å². The van der Waals surface area contributed by atoms with E-state index in [4.69, 9.17) is 4.74 Å². The molecule has 0 unspecified atom stereocenters. The fourth-order valence-corrected chi connectivity index (χ4v) is 3.01. The molecule has 2 aromatic heterocycles. The maximum Gasteiger partial charge on any atom is 0.255 e. The molecule has 8 heteroatoms. The number of nitrogens with zero attached hydrogens (tertiary/aromatic N) is 3. The number of rotatable bonds is 7. The van der Waals surface area contributed by atoms with Crippen LogP contribution in [0.5, 0.6) is 0 Å². The summed E-state index contributed by atoms with van der Waals surface area (Å²) in [5.74, 6) is -0.292. The summed E-state index contributed by atoms with van der Waals surface area (Å²) in [7, 11) is 1.65. The van der Waals surface area contributed by atoms with Gasteiger partial charge >= 0.3 is 0 Å². The highest BCUT2D eigenvalue weighted by atomic mass is 16.5. The van der Waals surface area contributed by atoms with E-state index in [0.29, 0.717) is 24.0 Å². The summed E-state index contributed by atoms with van der Waals surface area (Å²) in [6, 6.07) is -0.206. The lowest BCUT2D eigenvalue weighted by molar-refractivity contribution is -0.134. The van der Waals surface area contributed by atoms with Crippen LogP contribution in [0.3, 0.4) is 0 Å². The van der Waals surface area contributed by atoms with E-state index in [0.717, 1.165) is 19.3 Å². The van der Waals surface area contributed by atoms with Gasteiger partial charge in [0.1, 0.15) is 0 Å². The molecule has 0 spiro atoms. The van der Waals surface area contributed by atoms with Gasteiger partial charge in [0.05, 0.1) is 35.5 Å². The van der Waals surface area contributed by atoms with Crippen molar-refractivity contribution in [2.45, 2.75) is 44.2 Å². The van der Waals surface area contributed by atoms with E-state index in [2.05, 4.69) is 20.7 Å². The molecule has 0 bridgehead atoms. The van der Waals surface area contributed by atoms with E-state index in [1.807, 2.05) is 6.92 Å². The maximum atomic E-state index is 12.4. The first-order valence-corrected chi connectivity index (χ1v) is 8.43. The topological polar surface area (TPSA) is 97.6 Å². The van der Waals surface area contributed by atoms with Gasteiger partial charge in [0.2, 0.25) is 5.91 Å². The van der Waals surface area contributed by atoms with Gasteiger partial charge in [-0.25, -0.2) is 4.52 Å². The molecule has 1 aliphatic rings. The minimum atomic E-state index is -0.291. The second-order valence-corrected chi connectivity index (χ2v) is 6.56. The number of hydrogen-bond acceptors (Lipinski definition) is 5. The number of ether oxygens (including phenoxy) is 1. The molecular formula is C17H23N5O3. The van der Waals surface area contributed by atoms with Crippen molar-refractivity contribution in [2.24, 2.45) is 0 Å². The summed E-state index contributed by atoms with van der Waals surface area (Å²) in [5.41, 5.74) is 0.808. The molecule has 2 N–H and O–H groups in total. The Bertz CT molecular complexity index is 763. The number of methoxy groups -OCH3 is 1. The number of nitrogens with one attached hydrogen (secondary N) is 2. The van der Waals surface area contributed by atoms with Gasteiger partial charge in [-0.1, -0.05) is 0 Å². The Labute approximate surface area is 146 Å². The zero-order chi connectivity index (χ0) is 17.9. The monoisotopic (exact) mass is 345 g/mol. The van der Waals surface area contributed by atoms with Crippen molar-refractivity contribution in [1.29, 1.82) is 0 Å². The number of carbonyl (C=O) groups excluding carboxylic acids is 2.